The molecule has 0 aliphatic heterocycles. The van der Waals surface area contributed by atoms with Gasteiger partial charge in [-0.2, -0.15) is 5.26 Å². The van der Waals surface area contributed by atoms with Gasteiger partial charge in [0.15, 0.2) is 0 Å². The molecule has 0 aliphatic carbocycles. The molecular formula is C25H21N3OS. The summed E-state index contributed by atoms with van der Waals surface area (Å²) in [6.07, 6.45) is 0. The molecule has 0 unspecified atom stereocenters. The van der Waals surface area contributed by atoms with E-state index in [0.29, 0.717) is 18.0 Å². The van der Waals surface area contributed by atoms with Gasteiger partial charge < -0.3 is 10.3 Å². The van der Waals surface area contributed by atoms with Crippen LogP contribution in [0.4, 0.5) is 5.69 Å². The maximum atomic E-state index is 12.7. The summed E-state index contributed by atoms with van der Waals surface area (Å²) in [7, 11) is 0. The fourth-order valence-electron chi connectivity index (χ4n) is 3.62. The summed E-state index contributed by atoms with van der Waals surface area (Å²) in [6, 6.07) is 23.9. The second-order valence-corrected chi connectivity index (χ2v) is 8.06. The smallest absolute Gasteiger partial charge is 0.251 e. The molecule has 0 amide bonds. The number of nitriles is 1. The number of fused-ring (bicyclic) bond motifs is 1. The zero-order chi connectivity index (χ0) is 21.1. The van der Waals surface area contributed by atoms with Crippen LogP contribution in [-0.4, -0.2) is 4.57 Å². The first-order chi connectivity index (χ1) is 14.5. The molecule has 0 saturated heterocycles. The van der Waals surface area contributed by atoms with Gasteiger partial charge >= 0.3 is 0 Å². The number of hydrogen-bond acceptors (Lipinski definition) is 4. The summed E-state index contributed by atoms with van der Waals surface area (Å²) < 4.78 is 1.77. The number of benzene rings is 3. The second-order valence-electron chi connectivity index (χ2n) is 7.30. The lowest BCUT2D eigenvalue weighted by Gasteiger charge is -2.13. The van der Waals surface area contributed by atoms with E-state index in [1.807, 2.05) is 25.1 Å². The fraction of sp³-hybridized carbons (Fsp3) is 0.120. The molecule has 2 N–H and O–H groups in total. The molecule has 4 aromatic rings. The summed E-state index contributed by atoms with van der Waals surface area (Å²) in [5.74, 6) is 0.694. The van der Waals surface area contributed by atoms with E-state index in [2.05, 4.69) is 53.9 Å². The van der Waals surface area contributed by atoms with Gasteiger partial charge in [-0.05, 0) is 58.6 Å². The Labute approximate surface area is 179 Å². The second kappa shape index (κ2) is 8.48. The molecule has 0 spiro atoms. The largest absolute Gasteiger partial charge is 0.399 e. The van der Waals surface area contributed by atoms with Crippen molar-refractivity contribution in [3.8, 4) is 16.5 Å². The third kappa shape index (κ3) is 4.10. The third-order valence-electron chi connectivity index (χ3n) is 5.23. The minimum atomic E-state index is -0.0273. The first-order valence-corrected chi connectivity index (χ1v) is 10.6. The van der Waals surface area contributed by atoms with Gasteiger partial charge in [-0.15, -0.1) is 0 Å². The van der Waals surface area contributed by atoms with Crippen LogP contribution >= 0.6 is 11.8 Å². The highest BCUT2D eigenvalue weighted by Gasteiger charge is 2.08. The quantitative estimate of drug-likeness (QED) is 0.356. The van der Waals surface area contributed by atoms with Crippen LogP contribution in [0.2, 0.25) is 0 Å². The van der Waals surface area contributed by atoms with E-state index in [-0.39, 0.29) is 5.56 Å². The van der Waals surface area contributed by atoms with Gasteiger partial charge in [-0.1, -0.05) is 54.6 Å². The summed E-state index contributed by atoms with van der Waals surface area (Å²) in [5, 5.41) is 11.8. The summed E-state index contributed by atoms with van der Waals surface area (Å²) in [6.45, 7) is 2.44. The average molecular weight is 412 g/mol. The molecule has 30 heavy (non-hydrogen) atoms. The topological polar surface area (TPSA) is 71.8 Å². The molecule has 148 valence electrons. The zero-order valence-electron chi connectivity index (χ0n) is 16.6. The van der Waals surface area contributed by atoms with Crippen LogP contribution < -0.4 is 11.3 Å². The number of rotatable bonds is 5. The van der Waals surface area contributed by atoms with Crippen LogP contribution in [0.5, 0.6) is 0 Å². The molecule has 4 rings (SSSR count). The Hall–Kier alpha value is -3.49. The molecule has 0 atom stereocenters. The van der Waals surface area contributed by atoms with Crippen LogP contribution in [0.15, 0.2) is 77.6 Å². The average Bonchev–Trinajstić information content (AvgIpc) is 2.76. The number of pyridine rings is 1. The zero-order valence-corrected chi connectivity index (χ0v) is 17.4. The van der Waals surface area contributed by atoms with E-state index in [1.54, 1.807) is 10.6 Å². The molecule has 4 nitrogen and oxygen atoms in total. The number of aryl methyl sites for hydroxylation is 1. The predicted octanol–water partition coefficient (Wildman–Crippen LogP) is 5.32. The monoisotopic (exact) mass is 411 g/mol. The van der Waals surface area contributed by atoms with Crippen molar-refractivity contribution in [3.63, 3.8) is 0 Å². The Bertz CT molecular complexity index is 1300. The van der Waals surface area contributed by atoms with Crippen LogP contribution in [-0.2, 0) is 12.3 Å². The van der Waals surface area contributed by atoms with Crippen LogP contribution in [0.1, 0.15) is 16.7 Å². The minimum absolute atomic E-state index is 0.0273. The highest BCUT2D eigenvalue weighted by atomic mass is 32.2. The lowest BCUT2D eigenvalue weighted by molar-refractivity contribution is 0.793. The summed E-state index contributed by atoms with van der Waals surface area (Å²) in [4.78, 5) is 12.7. The highest BCUT2D eigenvalue weighted by molar-refractivity contribution is 8.02. The first kappa shape index (κ1) is 19.8. The van der Waals surface area contributed by atoms with Gasteiger partial charge in [-0.3, -0.25) is 4.79 Å². The maximum absolute atomic E-state index is 12.7. The van der Waals surface area contributed by atoms with Crippen LogP contribution in [0, 0.1) is 17.6 Å². The molecule has 0 saturated carbocycles. The van der Waals surface area contributed by atoms with E-state index >= 15 is 0 Å². The van der Waals surface area contributed by atoms with Gasteiger partial charge in [0.25, 0.3) is 5.56 Å². The van der Waals surface area contributed by atoms with E-state index in [1.165, 1.54) is 11.8 Å². The first-order valence-electron chi connectivity index (χ1n) is 9.64. The lowest BCUT2D eigenvalue weighted by atomic mass is 10.0. The standard InChI is InChI=1S/C25H21N3OS/c1-17-12-25(29)28(24-13-22(27)10-11-23(17)24)14-18-2-6-20(7-3-18)21-8-4-19(5-9-21)15-30-16-26/h2-13H,14-15,27H2,1H3. The third-order valence-corrected chi connectivity index (χ3v) is 5.84. The fourth-order valence-corrected chi connectivity index (χ4v) is 4.05. The van der Waals surface area contributed by atoms with E-state index < -0.39 is 0 Å². The van der Waals surface area contributed by atoms with E-state index in [4.69, 9.17) is 11.0 Å². The van der Waals surface area contributed by atoms with Gasteiger partial charge in [-0.25, -0.2) is 0 Å². The van der Waals surface area contributed by atoms with Crippen molar-refractivity contribution < 1.29 is 0 Å². The van der Waals surface area contributed by atoms with Crippen molar-refractivity contribution >= 4 is 28.4 Å². The van der Waals surface area contributed by atoms with Crippen LogP contribution in [0.25, 0.3) is 22.0 Å². The number of hydrogen-bond donors (Lipinski definition) is 1. The number of nitrogens with zero attached hydrogens (tertiary/aromatic N) is 2. The molecule has 1 aromatic heterocycles. The number of anilines is 1. The van der Waals surface area contributed by atoms with Crippen molar-refractivity contribution in [3.05, 3.63) is 99.8 Å². The Kier molecular flexibility index (Phi) is 5.60. The molecule has 0 radical (unpaired) electrons. The Morgan fingerprint density at radius 3 is 2.20 bits per heavy atom. The molecule has 0 bridgehead atoms. The molecule has 0 aliphatic rings. The highest BCUT2D eigenvalue weighted by Crippen LogP contribution is 2.23. The molecule has 1 heterocycles. The minimum Gasteiger partial charge on any atom is -0.399 e. The van der Waals surface area contributed by atoms with Crippen LogP contribution in [0.3, 0.4) is 0 Å². The van der Waals surface area contributed by atoms with Gasteiger partial charge in [0.2, 0.25) is 0 Å². The molecule has 3 aromatic carbocycles. The number of aromatic nitrogens is 1. The van der Waals surface area contributed by atoms with Gasteiger partial charge in [0.05, 0.1) is 12.1 Å². The van der Waals surface area contributed by atoms with Crippen molar-refractivity contribution in [2.24, 2.45) is 0 Å². The van der Waals surface area contributed by atoms with Crippen molar-refractivity contribution in [2.75, 3.05) is 5.73 Å². The van der Waals surface area contributed by atoms with E-state index in [0.717, 1.165) is 38.7 Å². The lowest BCUT2D eigenvalue weighted by Crippen LogP contribution is -2.21. The molecular weight excluding hydrogens is 390 g/mol. The molecule has 0 fully saturated rings. The van der Waals surface area contributed by atoms with Crippen molar-refractivity contribution in [1.82, 2.24) is 4.57 Å². The number of nitrogen functional groups attached to an aromatic ring is 1. The number of thioether (sulfide) groups is 1. The number of thiocyanates is 1. The normalized spacial score (nSPS) is 10.8. The van der Waals surface area contributed by atoms with Crippen molar-refractivity contribution in [2.45, 2.75) is 19.2 Å². The van der Waals surface area contributed by atoms with Gasteiger partial charge in [0, 0.05) is 22.9 Å². The molecule has 5 heteroatoms. The predicted molar refractivity (Wildman–Crippen MR) is 125 cm³/mol. The Morgan fingerprint density at radius 2 is 1.57 bits per heavy atom. The summed E-state index contributed by atoms with van der Waals surface area (Å²) >= 11 is 1.24. The maximum Gasteiger partial charge on any atom is 0.251 e. The number of nitrogens with two attached hydrogens (primary N) is 1. The Morgan fingerprint density at radius 1 is 0.933 bits per heavy atom. The SMILES string of the molecule is Cc1cc(=O)n(Cc2ccc(-c3ccc(CSC#N)cc3)cc2)c2cc(N)ccc12. The van der Waals surface area contributed by atoms with Gasteiger partial charge in [0.1, 0.15) is 5.40 Å². The Balaban J connectivity index is 1.61. The van der Waals surface area contributed by atoms with E-state index in [9.17, 15) is 4.79 Å². The van der Waals surface area contributed by atoms with Crippen molar-refractivity contribution in [1.29, 1.82) is 5.26 Å². The summed E-state index contributed by atoms with van der Waals surface area (Å²) in [5.41, 5.74) is 12.8.